The molecule has 1 aliphatic heterocycles. The molecule has 8 heteroatoms. The molecule has 1 heterocycles. The van der Waals surface area contributed by atoms with Crippen molar-refractivity contribution in [2.45, 2.75) is 12.2 Å². The number of phenols is 1. The maximum atomic E-state index is 13.5. The van der Waals surface area contributed by atoms with Gasteiger partial charge in [0.1, 0.15) is 6.04 Å². The van der Waals surface area contributed by atoms with Crippen LogP contribution in [0.25, 0.3) is 0 Å². The van der Waals surface area contributed by atoms with Gasteiger partial charge >= 0.3 is 6.18 Å². The lowest BCUT2D eigenvalue weighted by Crippen LogP contribution is -2.49. The first-order valence-electron chi connectivity index (χ1n) is 6.71. The summed E-state index contributed by atoms with van der Waals surface area (Å²) in [4.78, 5) is 1.24. The van der Waals surface area contributed by atoms with Gasteiger partial charge in [-0.05, 0) is 6.07 Å². The van der Waals surface area contributed by atoms with E-state index >= 15 is 0 Å². The number of nitriles is 1. The van der Waals surface area contributed by atoms with Gasteiger partial charge in [0.15, 0.2) is 11.5 Å². The summed E-state index contributed by atoms with van der Waals surface area (Å²) in [7, 11) is 1.23. The largest absolute Gasteiger partial charge is 0.504 e. The number of nitrogens with zero attached hydrogens (tertiary/aromatic N) is 2. The highest BCUT2D eigenvalue weighted by molar-refractivity contribution is 5.53. The van der Waals surface area contributed by atoms with Crippen LogP contribution in [-0.4, -0.2) is 49.5 Å². The minimum atomic E-state index is -4.58. The van der Waals surface area contributed by atoms with Crippen LogP contribution in [0.15, 0.2) is 12.1 Å². The van der Waals surface area contributed by atoms with Crippen molar-refractivity contribution in [1.29, 1.82) is 5.26 Å². The Morgan fingerprint density at radius 1 is 1.36 bits per heavy atom. The number of piperazine rings is 1. The summed E-state index contributed by atoms with van der Waals surface area (Å²) in [6.07, 6.45) is -4.58. The summed E-state index contributed by atoms with van der Waals surface area (Å²) in [5.41, 5.74) is -0.348. The van der Waals surface area contributed by atoms with Crippen molar-refractivity contribution in [3.8, 4) is 17.6 Å². The van der Waals surface area contributed by atoms with Crippen LogP contribution in [0.1, 0.15) is 17.2 Å². The molecular weight excluding hydrogens is 299 g/mol. The third kappa shape index (κ3) is 3.26. The smallest absolute Gasteiger partial charge is 0.408 e. The lowest BCUT2D eigenvalue weighted by molar-refractivity contribution is -0.188. The predicted molar refractivity (Wildman–Crippen MR) is 72.6 cm³/mol. The normalized spacial score (nSPS) is 17.8. The molecule has 2 rings (SSSR count). The number of methoxy groups -OCH3 is 1. The van der Waals surface area contributed by atoms with Crippen LogP contribution in [0.5, 0.6) is 11.5 Å². The lowest BCUT2D eigenvalue weighted by atomic mass is 9.99. The van der Waals surface area contributed by atoms with Gasteiger partial charge in [0.2, 0.25) is 0 Å². The van der Waals surface area contributed by atoms with E-state index < -0.39 is 18.0 Å². The second kappa shape index (κ2) is 6.42. The van der Waals surface area contributed by atoms with Gasteiger partial charge in [-0.25, -0.2) is 0 Å². The Morgan fingerprint density at radius 3 is 2.50 bits per heavy atom. The van der Waals surface area contributed by atoms with Crippen LogP contribution in [0, 0.1) is 11.3 Å². The molecule has 2 N–H and O–H groups in total. The molecule has 22 heavy (non-hydrogen) atoms. The van der Waals surface area contributed by atoms with Crippen LogP contribution in [-0.2, 0) is 0 Å². The topological polar surface area (TPSA) is 68.5 Å². The number of ether oxygens (including phenoxy) is 1. The summed E-state index contributed by atoms with van der Waals surface area (Å²) >= 11 is 0. The number of benzene rings is 1. The predicted octanol–water partition coefficient (Wildman–Crippen LogP) is 1.78. The van der Waals surface area contributed by atoms with E-state index in [0.717, 1.165) is 6.07 Å². The number of nitrogens with one attached hydrogen (secondary N) is 1. The first-order chi connectivity index (χ1) is 10.4. The number of alkyl halides is 3. The Hall–Kier alpha value is -1.98. The molecule has 1 fully saturated rings. The van der Waals surface area contributed by atoms with Crippen molar-refractivity contribution in [2.24, 2.45) is 0 Å². The molecule has 0 saturated carbocycles. The number of aromatic hydroxyl groups is 1. The molecule has 0 aromatic heterocycles. The summed E-state index contributed by atoms with van der Waals surface area (Å²) in [6, 6.07) is 2.09. The summed E-state index contributed by atoms with van der Waals surface area (Å²) in [6.45, 7) is 1.26. The van der Waals surface area contributed by atoms with Crippen molar-refractivity contribution in [1.82, 2.24) is 10.2 Å². The first kappa shape index (κ1) is 16.4. The van der Waals surface area contributed by atoms with Crippen LogP contribution in [0.3, 0.4) is 0 Å². The van der Waals surface area contributed by atoms with Gasteiger partial charge in [-0.1, -0.05) is 0 Å². The van der Waals surface area contributed by atoms with Crippen LogP contribution in [0.4, 0.5) is 13.2 Å². The minimum Gasteiger partial charge on any atom is -0.504 e. The molecule has 0 spiro atoms. The van der Waals surface area contributed by atoms with E-state index in [1.807, 2.05) is 0 Å². The lowest BCUT2D eigenvalue weighted by Gasteiger charge is -2.36. The fourth-order valence-corrected chi connectivity index (χ4v) is 2.58. The highest BCUT2D eigenvalue weighted by Crippen LogP contribution is 2.44. The van der Waals surface area contributed by atoms with Crippen molar-refractivity contribution in [2.75, 3.05) is 33.3 Å². The van der Waals surface area contributed by atoms with Crippen molar-refractivity contribution in [3.05, 3.63) is 23.3 Å². The highest BCUT2D eigenvalue weighted by atomic mass is 19.4. The van der Waals surface area contributed by atoms with Crippen LogP contribution in [0.2, 0.25) is 0 Å². The van der Waals surface area contributed by atoms with Crippen LogP contribution >= 0.6 is 0 Å². The van der Waals surface area contributed by atoms with E-state index in [1.54, 1.807) is 6.07 Å². The van der Waals surface area contributed by atoms with Crippen LogP contribution < -0.4 is 10.1 Å². The van der Waals surface area contributed by atoms with Gasteiger partial charge in [-0.2, -0.15) is 18.4 Å². The molecule has 1 atom stereocenters. The Labute approximate surface area is 125 Å². The van der Waals surface area contributed by atoms with Crippen molar-refractivity contribution in [3.63, 3.8) is 0 Å². The summed E-state index contributed by atoms with van der Waals surface area (Å²) < 4.78 is 45.5. The van der Waals surface area contributed by atoms with Gasteiger partial charge in [-0.3, -0.25) is 4.90 Å². The molecule has 1 aliphatic rings. The highest BCUT2D eigenvalue weighted by Gasteiger charge is 2.46. The van der Waals surface area contributed by atoms with E-state index in [9.17, 15) is 18.3 Å². The molecular formula is C14H16F3N3O2. The first-order valence-corrected chi connectivity index (χ1v) is 6.71. The maximum Gasteiger partial charge on any atom is 0.408 e. The summed E-state index contributed by atoms with van der Waals surface area (Å²) in [5, 5.41) is 22.1. The Balaban J connectivity index is 2.54. The number of rotatable bonds is 3. The van der Waals surface area contributed by atoms with E-state index in [-0.39, 0.29) is 30.0 Å². The number of phenolic OH excluding ortho intramolecular Hbond substituents is 1. The fraction of sp³-hybridized carbons (Fsp3) is 0.500. The second-order valence-corrected chi connectivity index (χ2v) is 4.96. The standard InChI is InChI=1S/C14H16F3N3O2/c1-22-11-7-9(8-18)6-10(12(11)21)13(14(15,16)17)20-4-2-19-3-5-20/h6-7,13,19,21H,2-5H2,1H3/t13-/m0/s1. The molecule has 0 amide bonds. The zero-order chi connectivity index (χ0) is 16.3. The minimum absolute atomic E-state index is 0.00837. The quantitative estimate of drug-likeness (QED) is 0.890. The third-order valence-corrected chi connectivity index (χ3v) is 3.57. The van der Waals surface area contributed by atoms with Gasteiger partial charge in [0, 0.05) is 37.8 Å². The molecule has 1 aromatic rings. The van der Waals surface area contributed by atoms with Gasteiger partial charge < -0.3 is 15.2 Å². The number of hydrogen-bond acceptors (Lipinski definition) is 5. The van der Waals surface area contributed by atoms with Crippen molar-refractivity contribution < 1.29 is 23.0 Å². The summed E-state index contributed by atoms with van der Waals surface area (Å²) in [5.74, 6) is -0.721. The third-order valence-electron chi connectivity index (χ3n) is 3.57. The zero-order valence-corrected chi connectivity index (χ0v) is 11.9. The van der Waals surface area contributed by atoms with E-state index in [4.69, 9.17) is 10.00 Å². The number of hydrogen-bond donors (Lipinski definition) is 2. The second-order valence-electron chi connectivity index (χ2n) is 4.96. The Morgan fingerprint density at radius 2 is 2.00 bits per heavy atom. The Bertz CT molecular complexity index is 578. The van der Waals surface area contributed by atoms with E-state index in [2.05, 4.69) is 5.32 Å². The monoisotopic (exact) mass is 315 g/mol. The zero-order valence-electron chi connectivity index (χ0n) is 11.9. The maximum absolute atomic E-state index is 13.5. The molecule has 120 valence electrons. The Kier molecular flexibility index (Phi) is 4.78. The molecule has 0 aliphatic carbocycles. The molecule has 0 bridgehead atoms. The van der Waals surface area contributed by atoms with E-state index in [1.165, 1.54) is 18.1 Å². The molecule has 5 nitrogen and oxygen atoms in total. The SMILES string of the molecule is COc1cc(C#N)cc([C@H](N2CCNCC2)C(F)(F)F)c1O. The molecule has 1 aromatic carbocycles. The average Bonchev–Trinajstić information content (AvgIpc) is 2.49. The van der Waals surface area contributed by atoms with Crippen molar-refractivity contribution >= 4 is 0 Å². The fourth-order valence-electron chi connectivity index (χ4n) is 2.58. The van der Waals surface area contributed by atoms with Gasteiger partial charge in [0.25, 0.3) is 0 Å². The van der Waals surface area contributed by atoms with Gasteiger partial charge in [0.05, 0.1) is 18.7 Å². The van der Waals surface area contributed by atoms with E-state index in [0.29, 0.717) is 13.1 Å². The molecule has 0 radical (unpaired) electrons. The average molecular weight is 315 g/mol. The number of halogens is 3. The molecule has 1 saturated heterocycles. The van der Waals surface area contributed by atoms with Gasteiger partial charge in [-0.15, -0.1) is 0 Å². The molecule has 0 unspecified atom stereocenters.